The van der Waals surface area contributed by atoms with E-state index >= 15 is 0 Å². The molecule has 24 heteroatoms. The largest absolute Gasteiger partial charge is 0.472 e. The number of nitrogens with zero attached hydrogens (tertiary/aromatic N) is 2. The maximum Gasteiger partial charge on any atom is 0.472 e. The quantitative estimate of drug-likeness (QED) is 0.0260. The number of thiol groups is 1. The summed E-state index contributed by atoms with van der Waals surface area (Å²) in [6, 6.07) is 6.56. The van der Waals surface area contributed by atoms with Crippen molar-refractivity contribution in [1.82, 2.24) is 30.8 Å². The van der Waals surface area contributed by atoms with E-state index in [0.29, 0.717) is 31.5 Å². The molecule has 5 amide bonds. The summed E-state index contributed by atoms with van der Waals surface area (Å²) in [5, 5.41) is 18.2. The molecule has 0 saturated carbocycles. The van der Waals surface area contributed by atoms with Crippen LogP contribution < -0.4 is 27.4 Å². The van der Waals surface area contributed by atoms with Crippen molar-refractivity contribution < 1.29 is 66.6 Å². The number of phosphoric ester groups is 1. The monoisotopic (exact) mass is 1120 g/mol. The molecule has 0 radical (unpaired) electrons. The van der Waals surface area contributed by atoms with Gasteiger partial charge in [0.2, 0.25) is 29.5 Å². The summed E-state index contributed by atoms with van der Waals surface area (Å²) in [6.07, 6.45) is 9.88. The van der Waals surface area contributed by atoms with E-state index < -0.39 is 98.7 Å². The third kappa shape index (κ3) is 28.2. The average molecular weight is 1130 g/mol. The van der Waals surface area contributed by atoms with Crippen LogP contribution in [0.4, 0.5) is 0 Å². The SMILES string of the molecule is CCCCCCOP(=O)(O)O[C@H](C)[C@H](CC(=O)[C@H](CO)NC(=O)[C@@H](CC(=O)[C@H](CC(C)C)NC(=O)[C@@H]1CCCN1C(=O)CCOCCOCCNC(=O)[C@@H](N)CS)Cc1cnc[nH]1)C(N)=O.CCCCCc1ccccc1. The molecule has 1 unspecified atom stereocenters. The van der Waals surface area contributed by atoms with Crippen LogP contribution in [0.25, 0.3) is 0 Å². The number of aromatic nitrogens is 2. The lowest BCUT2D eigenvalue weighted by Gasteiger charge is -2.28. The fourth-order valence-electron chi connectivity index (χ4n) is 8.36. The van der Waals surface area contributed by atoms with E-state index in [0.717, 1.165) is 19.3 Å². The van der Waals surface area contributed by atoms with Crippen molar-refractivity contribution in [3.8, 4) is 0 Å². The van der Waals surface area contributed by atoms with Crippen LogP contribution in [0.5, 0.6) is 0 Å². The molecule has 1 aliphatic heterocycles. The number of H-pyrrole nitrogens is 1. The first kappa shape index (κ1) is 68.5. The molecule has 1 aromatic carbocycles. The molecule has 0 bridgehead atoms. The number of amides is 5. The molecule has 0 aliphatic carbocycles. The number of nitrogens with one attached hydrogen (secondary N) is 4. The summed E-state index contributed by atoms with van der Waals surface area (Å²) in [4.78, 5) is 111. The summed E-state index contributed by atoms with van der Waals surface area (Å²) >= 11 is 3.98. The van der Waals surface area contributed by atoms with Crippen LogP contribution in [-0.4, -0.2) is 155 Å². The number of phosphoric acid groups is 1. The zero-order chi connectivity index (χ0) is 57.2. The van der Waals surface area contributed by atoms with E-state index in [1.54, 1.807) is 0 Å². The number of carbonyl (C=O) groups is 7. The van der Waals surface area contributed by atoms with Crippen molar-refractivity contribution in [3.05, 3.63) is 54.1 Å². The Balaban J connectivity index is 0.00000163. The van der Waals surface area contributed by atoms with Crippen molar-refractivity contribution in [2.24, 2.45) is 29.2 Å². The maximum atomic E-state index is 14.1. The molecule has 2 aromatic rings. The van der Waals surface area contributed by atoms with E-state index in [1.165, 1.54) is 55.6 Å². The Morgan fingerprint density at radius 3 is 2.18 bits per heavy atom. The van der Waals surface area contributed by atoms with Gasteiger partial charge in [0.15, 0.2) is 11.6 Å². The fourth-order valence-corrected chi connectivity index (χ4v) is 9.51. The van der Waals surface area contributed by atoms with Gasteiger partial charge in [-0.2, -0.15) is 12.6 Å². The summed E-state index contributed by atoms with van der Waals surface area (Å²) in [5.74, 6) is -6.72. The number of nitrogens with two attached hydrogens (primary N) is 2. The van der Waals surface area contributed by atoms with Crippen LogP contribution in [0, 0.1) is 17.8 Å². The van der Waals surface area contributed by atoms with Crippen LogP contribution >= 0.6 is 20.5 Å². The number of aliphatic hydroxyl groups excluding tert-OH is 1. The van der Waals surface area contributed by atoms with Gasteiger partial charge >= 0.3 is 7.82 Å². The Morgan fingerprint density at radius 2 is 1.56 bits per heavy atom. The van der Waals surface area contributed by atoms with Crippen LogP contribution in [0.15, 0.2) is 42.9 Å². The molecule has 3 rings (SSSR count). The number of hydrogen-bond acceptors (Lipinski definition) is 16. The Bertz CT molecular complexity index is 2090. The number of likely N-dealkylation sites (tertiary alicyclic amines) is 1. The lowest BCUT2D eigenvalue weighted by Crippen LogP contribution is -2.52. The summed E-state index contributed by atoms with van der Waals surface area (Å²) in [7, 11) is -4.64. The molecular weight excluding hydrogens is 1040 g/mol. The van der Waals surface area contributed by atoms with Gasteiger partial charge in [0.05, 0.1) is 82.4 Å². The zero-order valence-electron chi connectivity index (χ0n) is 45.9. The minimum atomic E-state index is -4.64. The predicted octanol–water partition coefficient (Wildman–Crippen LogP) is 3.91. The van der Waals surface area contributed by atoms with Gasteiger partial charge in [0.25, 0.3) is 0 Å². The lowest BCUT2D eigenvalue weighted by molar-refractivity contribution is -0.140. The second kappa shape index (κ2) is 38.9. The normalized spacial score (nSPS) is 16.4. The number of imidazole rings is 1. The highest BCUT2D eigenvalue weighted by atomic mass is 32.1. The number of primary amides is 1. The Morgan fingerprint density at radius 1 is 0.883 bits per heavy atom. The lowest BCUT2D eigenvalue weighted by atomic mass is 9.89. The van der Waals surface area contributed by atoms with Gasteiger partial charge in [0, 0.05) is 50.0 Å². The highest BCUT2D eigenvalue weighted by molar-refractivity contribution is 7.80. The molecule has 2 heterocycles. The minimum absolute atomic E-state index is 0.00643. The predicted molar refractivity (Wildman–Crippen MR) is 294 cm³/mol. The van der Waals surface area contributed by atoms with Crippen molar-refractivity contribution in [3.63, 3.8) is 0 Å². The number of Topliss-reactive ketones (excluding diaryl/α,β-unsaturated/α-hetero) is 2. The van der Waals surface area contributed by atoms with Gasteiger partial charge in [-0.3, -0.25) is 42.6 Å². The van der Waals surface area contributed by atoms with Crippen molar-refractivity contribution in [2.75, 3.05) is 58.5 Å². The molecule has 1 saturated heterocycles. The second-order valence-corrected chi connectivity index (χ2v) is 21.4. The Kier molecular flexibility index (Phi) is 34.6. The molecule has 1 aliphatic rings. The smallest absolute Gasteiger partial charge is 0.394 e. The van der Waals surface area contributed by atoms with Gasteiger partial charge in [-0.25, -0.2) is 9.55 Å². The first-order chi connectivity index (χ1) is 36.8. The number of rotatable bonds is 40. The number of ether oxygens (including phenoxy) is 2. The summed E-state index contributed by atoms with van der Waals surface area (Å²) in [6.45, 7) is 9.64. The van der Waals surface area contributed by atoms with E-state index in [-0.39, 0.29) is 82.3 Å². The van der Waals surface area contributed by atoms with Crippen molar-refractivity contribution in [2.45, 2.75) is 161 Å². The minimum Gasteiger partial charge on any atom is -0.394 e. The molecule has 436 valence electrons. The number of hydrogen-bond donors (Lipinski definition) is 9. The molecule has 22 nitrogen and oxygen atoms in total. The highest BCUT2D eigenvalue weighted by Crippen LogP contribution is 2.46. The molecule has 77 heavy (non-hydrogen) atoms. The number of benzene rings is 1. The van der Waals surface area contributed by atoms with Crippen LogP contribution in [0.1, 0.15) is 129 Å². The third-order valence-corrected chi connectivity index (χ3v) is 14.2. The van der Waals surface area contributed by atoms with Gasteiger partial charge in [-0.15, -0.1) is 0 Å². The van der Waals surface area contributed by atoms with E-state index in [2.05, 4.69) is 75.8 Å². The standard InChI is InChI=1S/C42H73N8O14PS.C11H16/c1-5-6-7-8-14-63-65(59,60)64-28(4)31(39(44)55)22-37(53)34(24-51)49-40(56)29(20-30-23-45-26-47-30)21-36(52)33(19-27(2)3)48-42(58)35-10-9-13-50(35)38(54)11-15-61-17-18-62-16-12-46-41(57)32(43)25-66;1-2-3-5-8-11-9-6-4-7-10-11/h23,26-29,31-35,51,66H,5-22,24-25,43H2,1-4H3,(H2,44,55)(H,45,47)(H,46,57)(H,48,58)(H,49,56)(H,59,60);4,6-7,9-10H,2-3,5,8H2,1H3/t28-,29-,31+,32+,33+,34+,35+;/m1./s1. The van der Waals surface area contributed by atoms with Crippen LogP contribution in [0.3, 0.4) is 0 Å². The summed E-state index contributed by atoms with van der Waals surface area (Å²) < 4.78 is 33.7. The number of carbonyl (C=O) groups excluding carboxylic acids is 7. The molecule has 0 spiro atoms. The maximum absolute atomic E-state index is 14.1. The van der Waals surface area contributed by atoms with Crippen molar-refractivity contribution in [1.29, 1.82) is 0 Å². The second-order valence-electron chi connectivity index (χ2n) is 19.7. The first-order valence-electron chi connectivity index (χ1n) is 27.1. The summed E-state index contributed by atoms with van der Waals surface area (Å²) in [5.41, 5.74) is 13.1. The van der Waals surface area contributed by atoms with Gasteiger partial charge < -0.3 is 56.8 Å². The van der Waals surface area contributed by atoms with Gasteiger partial charge in [0.1, 0.15) is 12.1 Å². The topological polar surface area (TPSA) is 334 Å². The number of aromatic amines is 1. The first-order valence-corrected chi connectivity index (χ1v) is 29.2. The van der Waals surface area contributed by atoms with Gasteiger partial charge in [-0.1, -0.05) is 90.1 Å². The molecule has 1 fully saturated rings. The van der Waals surface area contributed by atoms with E-state index in [1.807, 2.05) is 20.8 Å². The highest BCUT2D eigenvalue weighted by Gasteiger charge is 2.38. The number of aliphatic hydroxyl groups is 1. The average Bonchev–Trinajstić information content (AvgIpc) is 4.12. The molecule has 10 N–H and O–H groups in total. The van der Waals surface area contributed by atoms with Gasteiger partial charge in [-0.05, 0) is 56.9 Å². The molecule has 8 atom stereocenters. The molecule has 1 aromatic heterocycles. The number of unbranched alkanes of at least 4 members (excludes halogenated alkanes) is 5. The Labute approximate surface area is 460 Å². The Hall–Kier alpha value is -4.58. The number of aryl methyl sites for hydroxylation is 1. The third-order valence-electron chi connectivity index (χ3n) is 12.7. The molecular formula is C53H89N8O14PS. The zero-order valence-corrected chi connectivity index (χ0v) is 47.7. The van der Waals surface area contributed by atoms with E-state index in [4.69, 9.17) is 30.0 Å². The van der Waals surface area contributed by atoms with E-state index in [9.17, 15) is 48.1 Å². The fraction of sp³-hybridized carbons (Fsp3) is 0.698. The number of ketones is 2. The van der Waals surface area contributed by atoms with Crippen LogP contribution in [0.2, 0.25) is 0 Å². The van der Waals surface area contributed by atoms with Crippen LogP contribution in [-0.2, 0) is 69.5 Å². The van der Waals surface area contributed by atoms with Crippen molar-refractivity contribution >= 4 is 61.6 Å².